The predicted molar refractivity (Wildman–Crippen MR) is 29.2 cm³/mol. The molecule has 40 valence electrons. The van der Waals surface area contributed by atoms with E-state index in [9.17, 15) is 0 Å². The fourth-order valence-corrected chi connectivity index (χ4v) is 0.511. The van der Waals surface area contributed by atoms with Crippen LogP contribution < -0.4 is 0 Å². The fraction of sp³-hybridized carbons (Fsp3) is 0.667. The quantitative estimate of drug-likeness (QED) is 0.375. The number of ether oxygens (including phenoxy) is 1. The van der Waals surface area contributed by atoms with Crippen LogP contribution in [0.4, 0.5) is 0 Å². The molecule has 0 bridgehead atoms. The fourth-order valence-electron chi connectivity index (χ4n) is 0.511. The van der Waals surface area contributed by atoms with E-state index < -0.39 is 0 Å². The molecule has 1 rings (SSSR count). The highest BCUT2D eigenvalue weighted by Gasteiger charge is 2.23. The number of rotatable bonds is 2. The molecule has 1 atom stereocenters. The minimum absolute atomic E-state index is 0.421. The van der Waals surface area contributed by atoms with Crippen LogP contribution in [0.25, 0.3) is 0 Å². The first-order valence-electron chi connectivity index (χ1n) is 2.64. The zero-order valence-corrected chi connectivity index (χ0v) is 4.61. The summed E-state index contributed by atoms with van der Waals surface area (Å²) in [4.78, 5) is 0. The molecule has 7 heavy (non-hydrogen) atoms. The second kappa shape index (κ2) is 1.66. The molecule has 0 aromatic rings. The highest BCUT2D eigenvalue weighted by atomic mass is 16.6. The van der Waals surface area contributed by atoms with Gasteiger partial charge in [0.05, 0.1) is 6.61 Å². The lowest BCUT2D eigenvalue weighted by molar-refractivity contribution is 0.429. The molecule has 1 heterocycles. The van der Waals surface area contributed by atoms with Crippen LogP contribution in [0.3, 0.4) is 0 Å². The molecule has 0 aromatic carbocycles. The first-order chi connectivity index (χ1) is 3.34. The van der Waals surface area contributed by atoms with E-state index in [0.717, 1.165) is 13.0 Å². The molecule has 1 fully saturated rings. The monoisotopic (exact) mass is 98.1 g/mol. The maximum atomic E-state index is 4.96. The molecular formula is C6H10O. The maximum absolute atomic E-state index is 4.96. The van der Waals surface area contributed by atoms with Crippen molar-refractivity contribution in [1.82, 2.24) is 0 Å². The summed E-state index contributed by atoms with van der Waals surface area (Å²) in [6.45, 7) is 6.82. The normalized spacial score (nSPS) is 27.3. The predicted octanol–water partition coefficient (Wildman–Crippen LogP) is 1.35. The van der Waals surface area contributed by atoms with Crippen molar-refractivity contribution >= 4 is 0 Å². The Morgan fingerprint density at radius 3 is 2.71 bits per heavy atom. The van der Waals surface area contributed by atoms with Gasteiger partial charge in [0.2, 0.25) is 0 Å². The molecule has 1 nitrogen and oxygen atoms in total. The molecular weight excluding hydrogens is 88.1 g/mol. The molecule has 1 saturated heterocycles. The summed E-state index contributed by atoms with van der Waals surface area (Å²) in [6, 6.07) is 0. The van der Waals surface area contributed by atoms with Crippen LogP contribution in [0.15, 0.2) is 12.2 Å². The Hall–Kier alpha value is -0.300. The maximum Gasteiger partial charge on any atom is 0.102 e. The van der Waals surface area contributed by atoms with Gasteiger partial charge < -0.3 is 4.74 Å². The molecule has 1 aliphatic rings. The number of hydrogen-bond donors (Lipinski definition) is 0. The Morgan fingerprint density at radius 2 is 2.57 bits per heavy atom. The van der Waals surface area contributed by atoms with Gasteiger partial charge in [-0.2, -0.15) is 0 Å². The van der Waals surface area contributed by atoms with Gasteiger partial charge in [0.15, 0.2) is 0 Å². The largest absolute Gasteiger partial charge is 0.368 e. The van der Waals surface area contributed by atoms with Crippen molar-refractivity contribution < 1.29 is 4.74 Å². The molecule has 0 amide bonds. The van der Waals surface area contributed by atoms with Crippen molar-refractivity contribution in [1.29, 1.82) is 0 Å². The molecule has 1 unspecified atom stereocenters. The standard InChI is InChI=1S/C6H10O/c1-3-5(2)6-4-7-6/h6H,2-4H2,1H3. The van der Waals surface area contributed by atoms with Crippen molar-refractivity contribution in [2.45, 2.75) is 19.4 Å². The second-order valence-electron chi connectivity index (χ2n) is 1.83. The van der Waals surface area contributed by atoms with Gasteiger partial charge in [-0.15, -0.1) is 0 Å². The van der Waals surface area contributed by atoms with Crippen molar-refractivity contribution in [2.24, 2.45) is 0 Å². The Bertz CT molecular complexity index is 82.2. The van der Waals surface area contributed by atoms with Gasteiger partial charge >= 0.3 is 0 Å². The topological polar surface area (TPSA) is 12.5 Å². The average molecular weight is 98.1 g/mol. The molecule has 0 spiro atoms. The zero-order chi connectivity index (χ0) is 5.28. The first kappa shape index (κ1) is 4.85. The average Bonchev–Trinajstić information content (AvgIpc) is 2.44. The highest BCUT2D eigenvalue weighted by Crippen LogP contribution is 2.19. The third-order valence-electron chi connectivity index (χ3n) is 1.24. The summed E-state index contributed by atoms with van der Waals surface area (Å²) >= 11 is 0. The number of epoxide rings is 1. The van der Waals surface area contributed by atoms with Gasteiger partial charge in [0.1, 0.15) is 6.10 Å². The summed E-state index contributed by atoms with van der Waals surface area (Å²) in [7, 11) is 0. The lowest BCUT2D eigenvalue weighted by Gasteiger charge is -1.89. The lowest BCUT2D eigenvalue weighted by atomic mass is 10.2. The Labute approximate surface area is 44.0 Å². The van der Waals surface area contributed by atoms with Gasteiger partial charge in [0.25, 0.3) is 0 Å². The van der Waals surface area contributed by atoms with Crippen LogP contribution in [0, 0.1) is 0 Å². The van der Waals surface area contributed by atoms with E-state index in [4.69, 9.17) is 4.74 Å². The van der Waals surface area contributed by atoms with Crippen molar-refractivity contribution in [3.63, 3.8) is 0 Å². The molecule has 0 N–H and O–H groups in total. The minimum atomic E-state index is 0.421. The SMILES string of the molecule is C=C(CC)C1CO1. The highest BCUT2D eigenvalue weighted by molar-refractivity contribution is 5.06. The van der Waals surface area contributed by atoms with Crippen LogP contribution in [-0.2, 0) is 4.74 Å². The van der Waals surface area contributed by atoms with Crippen molar-refractivity contribution in [2.75, 3.05) is 6.61 Å². The molecule has 1 heteroatoms. The third kappa shape index (κ3) is 1.03. The van der Waals surface area contributed by atoms with Gasteiger partial charge in [-0.05, 0) is 12.0 Å². The summed E-state index contributed by atoms with van der Waals surface area (Å²) in [5, 5.41) is 0. The summed E-state index contributed by atoms with van der Waals surface area (Å²) in [5.41, 5.74) is 1.24. The molecule has 0 aliphatic carbocycles. The minimum Gasteiger partial charge on any atom is -0.368 e. The Kier molecular flexibility index (Phi) is 1.15. The molecule has 0 radical (unpaired) electrons. The van der Waals surface area contributed by atoms with Crippen LogP contribution in [-0.4, -0.2) is 12.7 Å². The van der Waals surface area contributed by atoms with Crippen LogP contribution in [0.2, 0.25) is 0 Å². The molecule has 1 aliphatic heterocycles. The number of hydrogen-bond acceptors (Lipinski definition) is 1. The van der Waals surface area contributed by atoms with Crippen LogP contribution >= 0.6 is 0 Å². The van der Waals surface area contributed by atoms with Crippen molar-refractivity contribution in [3.05, 3.63) is 12.2 Å². The van der Waals surface area contributed by atoms with Gasteiger partial charge in [-0.3, -0.25) is 0 Å². The van der Waals surface area contributed by atoms with Crippen molar-refractivity contribution in [3.8, 4) is 0 Å². The third-order valence-corrected chi connectivity index (χ3v) is 1.24. The van der Waals surface area contributed by atoms with E-state index in [2.05, 4.69) is 13.5 Å². The second-order valence-corrected chi connectivity index (χ2v) is 1.83. The zero-order valence-electron chi connectivity index (χ0n) is 4.61. The van der Waals surface area contributed by atoms with E-state index in [1.807, 2.05) is 0 Å². The first-order valence-corrected chi connectivity index (χ1v) is 2.64. The Balaban J connectivity index is 2.24. The summed E-state index contributed by atoms with van der Waals surface area (Å²) in [5.74, 6) is 0. The summed E-state index contributed by atoms with van der Waals surface area (Å²) < 4.78 is 4.96. The van der Waals surface area contributed by atoms with Gasteiger partial charge in [0, 0.05) is 0 Å². The lowest BCUT2D eigenvalue weighted by Crippen LogP contribution is -1.85. The van der Waals surface area contributed by atoms with Crippen LogP contribution in [0.1, 0.15) is 13.3 Å². The van der Waals surface area contributed by atoms with E-state index in [0.29, 0.717) is 6.10 Å². The van der Waals surface area contributed by atoms with E-state index >= 15 is 0 Å². The van der Waals surface area contributed by atoms with E-state index in [1.165, 1.54) is 5.57 Å². The Morgan fingerprint density at radius 1 is 2.00 bits per heavy atom. The molecule has 0 saturated carbocycles. The van der Waals surface area contributed by atoms with Gasteiger partial charge in [-0.25, -0.2) is 0 Å². The molecule has 0 aromatic heterocycles. The summed E-state index contributed by atoms with van der Waals surface area (Å²) in [6.07, 6.45) is 1.48. The smallest absolute Gasteiger partial charge is 0.102 e. The van der Waals surface area contributed by atoms with Gasteiger partial charge in [-0.1, -0.05) is 13.5 Å². The van der Waals surface area contributed by atoms with Crippen LogP contribution in [0.5, 0.6) is 0 Å². The van der Waals surface area contributed by atoms with E-state index in [1.54, 1.807) is 0 Å². The van der Waals surface area contributed by atoms with E-state index in [-0.39, 0.29) is 0 Å².